The molecule has 0 heterocycles. The van der Waals surface area contributed by atoms with Crippen LogP contribution in [0.2, 0.25) is 0 Å². The van der Waals surface area contributed by atoms with Gasteiger partial charge in [0.2, 0.25) is 0 Å². The monoisotopic (exact) mass is 375 g/mol. The fourth-order valence-corrected chi connectivity index (χ4v) is 2.03. The van der Waals surface area contributed by atoms with Crippen molar-refractivity contribution in [3.63, 3.8) is 0 Å². The molecule has 0 aliphatic rings. The zero-order valence-corrected chi connectivity index (χ0v) is 8.65. The fraction of sp³-hybridized carbons (Fsp3) is 1.00. The first-order valence-electron chi connectivity index (χ1n) is 2.15. The van der Waals surface area contributed by atoms with Crippen molar-refractivity contribution < 1.29 is 49.7 Å². The zero-order valence-electron chi connectivity index (χ0n) is 4.90. The second-order valence-corrected chi connectivity index (χ2v) is 5.41. The molecule has 0 unspecified atom stereocenters. The zero-order chi connectivity index (χ0) is 10.2. The Kier molecular flexibility index (Phi) is 3.67. The van der Waals surface area contributed by atoms with Crippen LogP contribution in [0.4, 0.5) is 30.7 Å². The molecule has 0 saturated carbocycles. The first-order chi connectivity index (χ1) is 5.06. The average molecular weight is 376 g/mol. The van der Waals surface area contributed by atoms with Gasteiger partial charge in [0.05, 0.1) is 0 Å². The Balaban J connectivity index is 4.85. The van der Waals surface area contributed by atoms with Gasteiger partial charge >= 0.3 is 78.4 Å². The molecule has 0 nitrogen and oxygen atoms in total. The molecule has 0 aliphatic heterocycles. The van der Waals surface area contributed by atoms with Gasteiger partial charge < -0.3 is 0 Å². The number of halogens is 9. The van der Waals surface area contributed by atoms with Gasteiger partial charge in [-0.05, 0) is 0 Å². The van der Waals surface area contributed by atoms with E-state index < -0.39 is 35.0 Å². The van der Waals surface area contributed by atoms with Crippen molar-refractivity contribution in [2.45, 2.75) is 16.0 Å². The van der Waals surface area contributed by atoms with Crippen LogP contribution in [0.1, 0.15) is 0 Å². The summed E-state index contributed by atoms with van der Waals surface area (Å²) in [7, 11) is 0. The van der Waals surface area contributed by atoms with Crippen LogP contribution in [-0.4, -0.2) is 16.0 Å². The Hall–Kier alpha value is 0.720. The van der Waals surface area contributed by atoms with E-state index in [2.05, 4.69) is 0 Å². The van der Waals surface area contributed by atoms with E-state index in [4.69, 9.17) is 0 Å². The minimum absolute atomic E-state index is 1.98. The normalized spacial score (nSPS) is 15.3. The van der Waals surface area contributed by atoms with Gasteiger partial charge in [-0.2, -0.15) is 0 Å². The van der Waals surface area contributed by atoms with Gasteiger partial charge in [-0.3, -0.25) is 0 Å². The third-order valence-corrected chi connectivity index (χ3v) is 4.52. The van der Waals surface area contributed by atoms with Crippen LogP contribution in [0, 0.1) is 0 Å². The first kappa shape index (κ1) is 12.7. The Bertz CT molecular complexity index is 163. The van der Waals surface area contributed by atoms with Gasteiger partial charge in [-0.1, -0.05) is 0 Å². The fourth-order valence-electron chi connectivity index (χ4n) is 0.206. The van der Waals surface area contributed by atoms with E-state index in [9.17, 15) is 30.7 Å². The number of rotatable bonds is 2. The third-order valence-electron chi connectivity index (χ3n) is 0.802. The summed E-state index contributed by atoms with van der Waals surface area (Å²) in [6.45, 7) is 0. The van der Waals surface area contributed by atoms with Gasteiger partial charge in [-0.15, -0.1) is 0 Å². The second-order valence-electron chi connectivity index (χ2n) is 1.64. The van der Waals surface area contributed by atoms with Crippen molar-refractivity contribution in [3.8, 4) is 0 Å². The summed E-state index contributed by atoms with van der Waals surface area (Å²) < 4.78 is 76.4. The van der Waals surface area contributed by atoms with Gasteiger partial charge in [0, 0.05) is 0 Å². The van der Waals surface area contributed by atoms with E-state index in [1.807, 2.05) is 12.7 Å². The third kappa shape index (κ3) is 2.15. The van der Waals surface area contributed by atoms with Gasteiger partial charge in [0.15, 0.2) is 0 Å². The first-order valence-corrected chi connectivity index (χ1v) is 8.07. The van der Waals surface area contributed by atoms with E-state index in [0.717, 1.165) is 0 Å². The van der Waals surface area contributed by atoms with Crippen LogP contribution in [-0.2, 0) is 0 Å². The van der Waals surface area contributed by atoms with Crippen molar-refractivity contribution in [3.05, 3.63) is 0 Å². The summed E-state index contributed by atoms with van der Waals surface area (Å²) in [5, 5.41) is 0. The predicted molar refractivity (Wildman–Crippen MR) is 24.9 cm³/mol. The molecule has 0 N–H and O–H groups in total. The van der Waals surface area contributed by atoms with Crippen LogP contribution in [0.5, 0.6) is 0 Å². The van der Waals surface area contributed by atoms with E-state index in [-0.39, 0.29) is 0 Å². The van der Waals surface area contributed by atoms with Gasteiger partial charge in [0.1, 0.15) is 0 Å². The summed E-state index contributed by atoms with van der Waals surface area (Å²) >= 11 is -0.706. The van der Waals surface area contributed by atoms with Crippen LogP contribution < -0.4 is 19.0 Å². The van der Waals surface area contributed by atoms with Crippen LogP contribution in [0.25, 0.3) is 0 Å². The Labute approximate surface area is 78.5 Å². The minimum atomic E-state index is -6.20. The second kappa shape index (κ2) is 3.46. The molecule has 0 saturated heterocycles. The molecule has 0 atom stereocenters. The standard InChI is InChI=1S/C3BrF7I/c4-12-3(10,11)1(5,6)2(7,8)9/q-1. The van der Waals surface area contributed by atoms with Crippen LogP contribution in [0.3, 0.4) is 0 Å². The molecule has 0 spiro atoms. The molecule has 0 radical (unpaired) electrons. The summed E-state index contributed by atoms with van der Waals surface area (Å²) in [6.07, 6.45) is -6.20. The van der Waals surface area contributed by atoms with E-state index in [1.165, 1.54) is 0 Å². The molecule has 0 bridgehead atoms. The Morgan fingerprint density at radius 1 is 0.833 bits per heavy atom. The molecule has 0 amide bonds. The Morgan fingerprint density at radius 3 is 1.25 bits per heavy atom. The van der Waals surface area contributed by atoms with Crippen molar-refractivity contribution in [1.82, 2.24) is 0 Å². The molecule has 0 rings (SSSR count). The molecular formula is C3BrF7I-. The molecule has 76 valence electrons. The van der Waals surface area contributed by atoms with Crippen molar-refractivity contribution in [2.24, 2.45) is 0 Å². The molecule has 0 aromatic carbocycles. The van der Waals surface area contributed by atoms with Gasteiger partial charge in [0.25, 0.3) is 0 Å². The van der Waals surface area contributed by atoms with Crippen molar-refractivity contribution >= 4 is 12.7 Å². The Morgan fingerprint density at radius 2 is 1.17 bits per heavy atom. The quantitative estimate of drug-likeness (QED) is 0.367. The van der Waals surface area contributed by atoms with E-state index in [0.29, 0.717) is 0 Å². The molecular weight excluding hydrogens is 376 g/mol. The maximum absolute atomic E-state index is 12.0. The molecule has 0 aromatic heterocycles. The summed E-state index contributed by atoms with van der Waals surface area (Å²) in [6, 6.07) is 0. The topological polar surface area (TPSA) is 0 Å². The number of hydrogen-bond donors (Lipinski definition) is 0. The van der Waals surface area contributed by atoms with Gasteiger partial charge in [-0.25, -0.2) is 0 Å². The SMILES string of the molecule is FC(F)(F)C(F)(F)C(F)(F)[I-]Br. The van der Waals surface area contributed by atoms with Crippen molar-refractivity contribution in [2.75, 3.05) is 0 Å². The molecule has 0 aromatic rings. The summed E-state index contributed by atoms with van der Waals surface area (Å²) in [5.41, 5.74) is 0. The van der Waals surface area contributed by atoms with Crippen LogP contribution >= 0.6 is 12.7 Å². The predicted octanol–water partition coefficient (Wildman–Crippen LogP) is 0.176. The molecule has 0 fully saturated rings. The van der Waals surface area contributed by atoms with E-state index >= 15 is 0 Å². The average Bonchev–Trinajstić information content (AvgIpc) is 1.85. The summed E-state index contributed by atoms with van der Waals surface area (Å²) in [5.74, 6) is -5.95. The summed E-state index contributed by atoms with van der Waals surface area (Å²) in [4.78, 5) is 0. The molecule has 12 heavy (non-hydrogen) atoms. The van der Waals surface area contributed by atoms with Crippen molar-refractivity contribution in [1.29, 1.82) is 0 Å². The molecule has 0 aliphatic carbocycles. The number of alkyl halides is 8. The number of hydrogen-bond acceptors (Lipinski definition) is 0. The maximum atomic E-state index is 12.0. The van der Waals surface area contributed by atoms with Crippen LogP contribution in [0.15, 0.2) is 0 Å². The van der Waals surface area contributed by atoms with E-state index in [1.54, 1.807) is 0 Å². The molecule has 9 heteroatoms.